The monoisotopic (exact) mass is 467 g/mol. The van der Waals surface area contributed by atoms with Gasteiger partial charge in [-0.15, -0.1) is 11.3 Å². The average molecular weight is 468 g/mol. The van der Waals surface area contributed by atoms with Crippen LogP contribution in [-0.2, 0) is 19.4 Å². The Balaban J connectivity index is 2.29. The first-order valence-electron chi connectivity index (χ1n) is 6.75. The van der Waals surface area contributed by atoms with E-state index in [1.807, 2.05) is 7.05 Å². The zero-order valence-corrected chi connectivity index (χ0v) is 16.5. The molecule has 0 radical (unpaired) electrons. The molecule has 2 heterocycles. The number of aromatic nitrogens is 2. The highest BCUT2D eigenvalue weighted by Gasteiger charge is 2.19. The smallest absolute Gasteiger partial charge is 0.0766 e. The summed E-state index contributed by atoms with van der Waals surface area (Å²) >= 11 is 7.90. The van der Waals surface area contributed by atoms with Crippen LogP contribution in [0.1, 0.15) is 36.8 Å². The number of halogens is 2. The molecule has 3 nitrogen and oxygen atoms in total. The van der Waals surface area contributed by atoms with E-state index < -0.39 is 0 Å². The lowest BCUT2D eigenvalue weighted by atomic mass is 10.1. The Morgan fingerprint density at radius 1 is 1.50 bits per heavy atom. The summed E-state index contributed by atoms with van der Waals surface area (Å²) in [6.45, 7) is 5.20. The van der Waals surface area contributed by atoms with E-state index in [-0.39, 0.29) is 0 Å². The molecule has 0 spiro atoms. The van der Waals surface area contributed by atoms with Gasteiger partial charge in [0.1, 0.15) is 0 Å². The molecule has 6 heteroatoms. The lowest BCUT2D eigenvalue weighted by Gasteiger charge is -2.16. The van der Waals surface area contributed by atoms with E-state index in [4.69, 9.17) is 0 Å². The van der Waals surface area contributed by atoms with E-state index in [9.17, 15) is 0 Å². The second-order valence-corrected chi connectivity index (χ2v) is 8.20. The van der Waals surface area contributed by atoms with Crippen molar-refractivity contribution in [3.63, 3.8) is 0 Å². The molecule has 0 saturated carbocycles. The average Bonchev–Trinajstić information content (AvgIpc) is 3.00. The van der Waals surface area contributed by atoms with E-state index in [1.54, 1.807) is 11.3 Å². The fraction of sp³-hybridized carbons (Fsp3) is 0.500. The van der Waals surface area contributed by atoms with Crippen LogP contribution in [0.3, 0.4) is 0 Å². The Morgan fingerprint density at radius 3 is 2.75 bits per heavy atom. The molecule has 0 aliphatic heterocycles. The van der Waals surface area contributed by atoms with Gasteiger partial charge in [0.05, 0.1) is 18.7 Å². The quantitative estimate of drug-likeness (QED) is 0.638. The minimum Gasteiger partial charge on any atom is -0.313 e. The number of rotatable bonds is 6. The summed E-state index contributed by atoms with van der Waals surface area (Å²) < 4.78 is 4.62. The number of nitrogens with one attached hydrogen (secondary N) is 1. The molecule has 0 aromatic carbocycles. The van der Waals surface area contributed by atoms with Gasteiger partial charge < -0.3 is 5.32 Å². The molecule has 2 rings (SSSR count). The number of thiophene rings is 1. The fourth-order valence-corrected chi connectivity index (χ4v) is 4.45. The maximum absolute atomic E-state index is 4.68. The Labute approximate surface area is 146 Å². The third-order valence-electron chi connectivity index (χ3n) is 3.43. The van der Waals surface area contributed by atoms with Crippen LogP contribution in [0.25, 0.3) is 0 Å². The normalized spacial score (nSPS) is 12.8. The number of aryl methyl sites for hydroxylation is 2. The van der Waals surface area contributed by atoms with Gasteiger partial charge in [0.25, 0.3) is 0 Å². The van der Waals surface area contributed by atoms with Crippen molar-refractivity contribution >= 4 is 49.9 Å². The number of hydrogen-bond donors (Lipinski definition) is 1. The zero-order valence-electron chi connectivity index (χ0n) is 11.9. The molecule has 0 amide bonds. The molecule has 110 valence electrons. The van der Waals surface area contributed by atoms with Gasteiger partial charge in [0, 0.05) is 19.0 Å². The molecule has 0 bridgehead atoms. The highest BCUT2D eigenvalue weighted by atomic mass is 127. The van der Waals surface area contributed by atoms with Crippen molar-refractivity contribution in [2.75, 3.05) is 7.05 Å². The molecular weight excluding hydrogens is 449 g/mol. The lowest BCUT2D eigenvalue weighted by molar-refractivity contribution is 0.540. The van der Waals surface area contributed by atoms with Gasteiger partial charge in [0.15, 0.2) is 0 Å². The lowest BCUT2D eigenvalue weighted by Crippen LogP contribution is -2.20. The van der Waals surface area contributed by atoms with E-state index in [2.05, 4.69) is 78.9 Å². The zero-order chi connectivity index (χ0) is 14.7. The van der Waals surface area contributed by atoms with Crippen molar-refractivity contribution < 1.29 is 0 Å². The first kappa shape index (κ1) is 16.5. The minimum absolute atomic E-state index is 0.331. The van der Waals surface area contributed by atoms with E-state index >= 15 is 0 Å². The Morgan fingerprint density at radius 2 is 2.25 bits per heavy atom. The molecule has 2 aromatic heterocycles. The SMILES string of the molecule is CCc1nn(CC)c(CC(NC)c2csc(I)c2)c1Br. The van der Waals surface area contributed by atoms with Crippen LogP contribution in [0.2, 0.25) is 0 Å². The van der Waals surface area contributed by atoms with Gasteiger partial charge in [-0.1, -0.05) is 6.92 Å². The summed E-state index contributed by atoms with van der Waals surface area (Å²) in [4.78, 5) is 0. The van der Waals surface area contributed by atoms with Crippen LogP contribution in [-0.4, -0.2) is 16.8 Å². The summed E-state index contributed by atoms with van der Waals surface area (Å²) in [5.41, 5.74) is 3.79. The third kappa shape index (κ3) is 3.45. The first-order valence-corrected chi connectivity index (χ1v) is 9.51. The predicted octanol–water partition coefficient (Wildman–Crippen LogP) is 4.40. The van der Waals surface area contributed by atoms with Crippen molar-refractivity contribution in [1.29, 1.82) is 0 Å². The molecule has 1 atom stereocenters. The molecule has 0 saturated heterocycles. The Kier molecular flexibility index (Phi) is 6.07. The second kappa shape index (κ2) is 7.38. The van der Waals surface area contributed by atoms with E-state index in [0.29, 0.717) is 6.04 Å². The predicted molar refractivity (Wildman–Crippen MR) is 97.5 cm³/mol. The highest BCUT2D eigenvalue weighted by Crippen LogP contribution is 2.29. The van der Waals surface area contributed by atoms with Gasteiger partial charge in [-0.3, -0.25) is 4.68 Å². The molecule has 1 N–H and O–H groups in total. The number of nitrogens with zero attached hydrogens (tertiary/aromatic N) is 2. The van der Waals surface area contributed by atoms with Gasteiger partial charge in [-0.2, -0.15) is 5.10 Å². The van der Waals surface area contributed by atoms with Crippen LogP contribution in [0.15, 0.2) is 15.9 Å². The third-order valence-corrected chi connectivity index (χ3v) is 6.15. The van der Waals surface area contributed by atoms with Gasteiger partial charge >= 0.3 is 0 Å². The van der Waals surface area contributed by atoms with Crippen LogP contribution in [0, 0.1) is 2.88 Å². The molecule has 2 aromatic rings. The van der Waals surface area contributed by atoms with Crippen molar-refractivity contribution in [2.24, 2.45) is 0 Å². The van der Waals surface area contributed by atoms with E-state index in [0.717, 1.165) is 25.1 Å². The van der Waals surface area contributed by atoms with Crippen LogP contribution < -0.4 is 5.32 Å². The number of likely N-dealkylation sites (N-methyl/N-ethyl adjacent to an activating group) is 1. The standard InChI is InChI=1S/C14H19BrIN3S/c1-4-10-14(15)12(19(5-2)18-10)7-11(17-3)9-6-13(16)20-8-9/h6,8,11,17H,4-5,7H2,1-3H3. The molecule has 0 aliphatic rings. The first-order chi connectivity index (χ1) is 9.60. The molecular formula is C14H19BrIN3S. The summed E-state index contributed by atoms with van der Waals surface area (Å²) in [5, 5.41) is 10.3. The highest BCUT2D eigenvalue weighted by molar-refractivity contribution is 14.1. The fourth-order valence-electron chi connectivity index (χ4n) is 2.30. The van der Waals surface area contributed by atoms with Gasteiger partial charge in [-0.25, -0.2) is 0 Å². The molecule has 1 unspecified atom stereocenters. The molecule has 0 aliphatic carbocycles. The van der Waals surface area contributed by atoms with Crippen LogP contribution in [0.4, 0.5) is 0 Å². The Bertz CT molecular complexity index is 579. The van der Waals surface area contributed by atoms with Crippen molar-refractivity contribution in [2.45, 2.75) is 39.3 Å². The summed E-state index contributed by atoms with van der Waals surface area (Å²) in [6.07, 6.45) is 1.91. The van der Waals surface area contributed by atoms with Crippen LogP contribution >= 0.6 is 49.9 Å². The van der Waals surface area contributed by atoms with Crippen molar-refractivity contribution in [1.82, 2.24) is 15.1 Å². The topological polar surface area (TPSA) is 29.9 Å². The van der Waals surface area contributed by atoms with Crippen molar-refractivity contribution in [3.8, 4) is 0 Å². The second-order valence-electron chi connectivity index (χ2n) is 4.61. The molecule has 20 heavy (non-hydrogen) atoms. The minimum atomic E-state index is 0.331. The molecule has 0 fully saturated rings. The maximum atomic E-state index is 4.68. The van der Waals surface area contributed by atoms with E-state index in [1.165, 1.54) is 18.6 Å². The largest absolute Gasteiger partial charge is 0.313 e. The van der Waals surface area contributed by atoms with Gasteiger partial charge in [-0.05, 0) is 75.9 Å². The van der Waals surface area contributed by atoms with Gasteiger partial charge in [0.2, 0.25) is 0 Å². The van der Waals surface area contributed by atoms with Crippen molar-refractivity contribution in [3.05, 3.63) is 35.8 Å². The summed E-state index contributed by atoms with van der Waals surface area (Å²) in [6, 6.07) is 2.59. The summed E-state index contributed by atoms with van der Waals surface area (Å²) in [5.74, 6) is 0. The maximum Gasteiger partial charge on any atom is 0.0766 e. The summed E-state index contributed by atoms with van der Waals surface area (Å²) in [7, 11) is 2.02. The Hall–Kier alpha value is 0.0800. The van der Waals surface area contributed by atoms with Crippen LogP contribution in [0.5, 0.6) is 0 Å². The number of hydrogen-bond acceptors (Lipinski definition) is 3.